The average molecular weight is 503 g/mol. The summed E-state index contributed by atoms with van der Waals surface area (Å²) in [5.74, 6) is -5.42. The van der Waals surface area contributed by atoms with Gasteiger partial charge in [0.2, 0.25) is 23.6 Å². The minimum Gasteiger partial charge on any atom is -0.480 e. The third kappa shape index (κ3) is 12.0. The lowest BCUT2D eigenvalue weighted by Crippen LogP contribution is -2.60. The Kier molecular flexibility index (Phi) is 13.9. The van der Waals surface area contributed by atoms with Crippen molar-refractivity contribution in [2.24, 2.45) is 33.8 Å². The van der Waals surface area contributed by atoms with Crippen LogP contribution in [0.4, 0.5) is 0 Å². The minimum atomic E-state index is -1.61. The summed E-state index contributed by atoms with van der Waals surface area (Å²) in [5, 5.41) is 25.8. The Morgan fingerprint density at radius 3 is 1.94 bits per heavy atom. The highest BCUT2D eigenvalue weighted by molar-refractivity contribution is 5.96. The van der Waals surface area contributed by atoms with Gasteiger partial charge in [-0.25, -0.2) is 4.79 Å². The van der Waals surface area contributed by atoms with Gasteiger partial charge >= 0.3 is 5.97 Å². The summed E-state index contributed by atoms with van der Waals surface area (Å²) in [4.78, 5) is 64.7. The zero-order valence-electron chi connectivity index (χ0n) is 20.2. The van der Waals surface area contributed by atoms with Crippen LogP contribution < -0.4 is 38.9 Å². The van der Waals surface area contributed by atoms with Gasteiger partial charge in [-0.2, -0.15) is 0 Å². The fourth-order valence-electron chi connectivity index (χ4n) is 2.93. The van der Waals surface area contributed by atoms with E-state index >= 15 is 0 Å². The summed E-state index contributed by atoms with van der Waals surface area (Å²) in [5.41, 5.74) is 21.5. The molecule has 35 heavy (non-hydrogen) atoms. The van der Waals surface area contributed by atoms with Crippen molar-refractivity contribution in [3.8, 4) is 0 Å². The summed E-state index contributed by atoms with van der Waals surface area (Å²) in [7, 11) is 0. The van der Waals surface area contributed by atoms with Gasteiger partial charge in [0.1, 0.15) is 12.1 Å². The van der Waals surface area contributed by atoms with Crippen molar-refractivity contribution in [2.75, 3.05) is 6.54 Å². The fourth-order valence-corrected chi connectivity index (χ4v) is 2.93. The second kappa shape index (κ2) is 15.4. The quantitative estimate of drug-likeness (QED) is 0.0563. The molecule has 0 aromatic heterocycles. The van der Waals surface area contributed by atoms with Crippen LogP contribution in [-0.4, -0.2) is 82.6 Å². The Morgan fingerprint density at radius 1 is 0.914 bits per heavy atom. The molecule has 15 nitrogen and oxygen atoms in total. The standard InChI is InChI=1S/C20H38N8O7/c1-4-9(2)14(18(33)28-15(10(3)29)19(34)35)27-17(32)12(8-13(22)30)26-16(31)11(21)6-5-7-25-20(23)24/h9-12,14-15,29H,4-8,21H2,1-3H3,(H2,22,30)(H,26,31)(H,27,32)(H,28,33)(H,34,35)(H4,23,24,25). The molecule has 13 N–H and O–H groups in total. The highest BCUT2D eigenvalue weighted by Crippen LogP contribution is 2.10. The molecule has 0 fully saturated rings. The van der Waals surface area contributed by atoms with E-state index in [1.165, 1.54) is 6.92 Å². The summed E-state index contributed by atoms with van der Waals surface area (Å²) in [6.45, 7) is 4.81. The Bertz CT molecular complexity index is 785. The van der Waals surface area contributed by atoms with Crippen molar-refractivity contribution in [1.82, 2.24) is 16.0 Å². The molecule has 0 spiro atoms. The first kappa shape index (κ1) is 31.5. The molecule has 0 saturated heterocycles. The first-order valence-corrected chi connectivity index (χ1v) is 11.1. The molecule has 200 valence electrons. The summed E-state index contributed by atoms with van der Waals surface area (Å²) < 4.78 is 0. The van der Waals surface area contributed by atoms with E-state index in [-0.39, 0.29) is 18.9 Å². The number of nitrogens with one attached hydrogen (secondary N) is 3. The van der Waals surface area contributed by atoms with Crippen molar-refractivity contribution in [2.45, 2.75) is 76.7 Å². The second-order valence-electron chi connectivity index (χ2n) is 8.22. The zero-order chi connectivity index (χ0) is 27.3. The Morgan fingerprint density at radius 2 is 1.49 bits per heavy atom. The van der Waals surface area contributed by atoms with Crippen molar-refractivity contribution in [3.05, 3.63) is 0 Å². The molecular formula is C20H38N8O7. The minimum absolute atomic E-state index is 0.107. The SMILES string of the molecule is CCC(C)C(NC(=O)C(CC(N)=O)NC(=O)C(N)CCCN=C(N)N)C(=O)NC(C(=O)O)C(C)O. The number of rotatable bonds is 16. The van der Waals surface area contributed by atoms with E-state index in [2.05, 4.69) is 20.9 Å². The van der Waals surface area contributed by atoms with Gasteiger partial charge in [-0.15, -0.1) is 0 Å². The van der Waals surface area contributed by atoms with Crippen molar-refractivity contribution >= 4 is 35.6 Å². The largest absolute Gasteiger partial charge is 0.480 e. The van der Waals surface area contributed by atoms with Crippen LogP contribution in [0.15, 0.2) is 4.99 Å². The molecule has 6 atom stereocenters. The molecule has 4 amide bonds. The van der Waals surface area contributed by atoms with Crippen LogP contribution in [0.3, 0.4) is 0 Å². The van der Waals surface area contributed by atoms with Crippen molar-refractivity contribution < 1.29 is 34.2 Å². The smallest absolute Gasteiger partial charge is 0.328 e. The second-order valence-corrected chi connectivity index (χ2v) is 8.22. The molecule has 0 aliphatic heterocycles. The van der Waals surface area contributed by atoms with Crippen molar-refractivity contribution in [3.63, 3.8) is 0 Å². The number of aliphatic hydroxyl groups is 1. The van der Waals surface area contributed by atoms with E-state index in [9.17, 15) is 34.2 Å². The van der Waals surface area contributed by atoms with Gasteiger partial charge < -0.3 is 49.1 Å². The summed E-state index contributed by atoms with van der Waals surface area (Å²) >= 11 is 0. The number of aliphatic hydroxyl groups excluding tert-OH is 1. The zero-order valence-corrected chi connectivity index (χ0v) is 20.2. The van der Waals surface area contributed by atoms with E-state index in [0.29, 0.717) is 12.8 Å². The topological polar surface area (TPSA) is 278 Å². The lowest BCUT2D eigenvalue weighted by Gasteiger charge is -2.28. The van der Waals surface area contributed by atoms with E-state index in [4.69, 9.17) is 22.9 Å². The third-order valence-electron chi connectivity index (χ3n) is 5.18. The Hall–Kier alpha value is -3.46. The van der Waals surface area contributed by atoms with Crippen LogP contribution in [-0.2, 0) is 24.0 Å². The molecule has 0 heterocycles. The highest BCUT2D eigenvalue weighted by Gasteiger charge is 2.34. The molecule has 0 aliphatic carbocycles. The Balaban J connectivity index is 5.45. The van der Waals surface area contributed by atoms with Crippen LogP contribution in [0.2, 0.25) is 0 Å². The number of carboxylic acids is 1. The molecule has 15 heteroatoms. The molecule has 0 radical (unpaired) electrons. The van der Waals surface area contributed by atoms with Gasteiger partial charge in [0, 0.05) is 6.54 Å². The summed E-state index contributed by atoms with van der Waals surface area (Å²) in [6.07, 6.45) is -0.998. The van der Waals surface area contributed by atoms with Gasteiger partial charge in [0.15, 0.2) is 12.0 Å². The number of nitrogens with zero attached hydrogens (tertiary/aromatic N) is 1. The van der Waals surface area contributed by atoms with Gasteiger partial charge in [-0.05, 0) is 25.7 Å². The predicted octanol–water partition coefficient (Wildman–Crippen LogP) is -3.79. The lowest BCUT2D eigenvalue weighted by molar-refractivity contribution is -0.145. The molecule has 0 bridgehead atoms. The number of carbonyl (C=O) groups is 5. The predicted molar refractivity (Wildman–Crippen MR) is 126 cm³/mol. The van der Waals surface area contributed by atoms with Crippen LogP contribution in [0.25, 0.3) is 0 Å². The van der Waals surface area contributed by atoms with E-state index in [1.807, 2.05) is 0 Å². The molecule has 6 unspecified atom stereocenters. The highest BCUT2D eigenvalue weighted by atomic mass is 16.4. The van der Waals surface area contributed by atoms with E-state index in [0.717, 1.165) is 0 Å². The number of aliphatic carboxylic acids is 1. The molecular weight excluding hydrogens is 464 g/mol. The fraction of sp³-hybridized carbons (Fsp3) is 0.700. The van der Waals surface area contributed by atoms with Crippen LogP contribution in [0.1, 0.15) is 46.5 Å². The van der Waals surface area contributed by atoms with Crippen LogP contribution in [0, 0.1) is 5.92 Å². The van der Waals surface area contributed by atoms with Gasteiger partial charge in [-0.3, -0.25) is 24.2 Å². The average Bonchev–Trinajstić information content (AvgIpc) is 2.76. The van der Waals surface area contributed by atoms with Gasteiger partial charge in [0.05, 0.1) is 18.6 Å². The molecule has 0 aromatic carbocycles. The molecule has 0 saturated carbocycles. The maximum Gasteiger partial charge on any atom is 0.328 e. The Labute approximate surface area is 203 Å². The first-order valence-electron chi connectivity index (χ1n) is 11.1. The maximum atomic E-state index is 12.9. The molecule has 0 aliphatic rings. The van der Waals surface area contributed by atoms with Crippen LogP contribution >= 0.6 is 0 Å². The third-order valence-corrected chi connectivity index (χ3v) is 5.18. The van der Waals surface area contributed by atoms with Gasteiger partial charge in [0.25, 0.3) is 0 Å². The van der Waals surface area contributed by atoms with E-state index in [1.54, 1.807) is 13.8 Å². The van der Waals surface area contributed by atoms with Gasteiger partial charge in [-0.1, -0.05) is 20.3 Å². The number of carbonyl (C=O) groups excluding carboxylic acids is 4. The number of amides is 4. The molecule has 0 rings (SSSR count). The monoisotopic (exact) mass is 502 g/mol. The van der Waals surface area contributed by atoms with E-state index < -0.39 is 72.2 Å². The number of nitrogens with two attached hydrogens (primary N) is 4. The summed E-state index contributed by atoms with van der Waals surface area (Å²) in [6, 6.07) is -5.31. The van der Waals surface area contributed by atoms with Crippen LogP contribution in [0.5, 0.6) is 0 Å². The number of primary amides is 1. The van der Waals surface area contributed by atoms with Crippen molar-refractivity contribution in [1.29, 1.82) is 0 Å². The lowest BCUT2D eigenvalue weighted by atomic mass is 9.97. The molecule has 0 aromatic rings. The normalized spacial score (nSPS) is 15.9. The number of hydrogen-bond donors (Lipinski definition) is 9. The number of guanidine groups is 1. The maximum absolute atomic E-state index is 12.9. The first-order chi connectivity index (χ1) is 16.2. The number of carboxylic acid groups (broad SMARTS) is 1. The number of hydrogen-bond acceptors (Lipinski definition) is 8. The number of aliphatic imine (C=N–C) groups is 1.